The molecule has 9 nitrogen and oxygen atoms in total. The van der Waals surface area contributed by atoms with E-state index in [0.29, 0.717) is 22.6 Å². The van der Waals surface area contributed by atoms with Crippen molar-refractivity contribution in [3.8, 4) is 6.07 Å². The van der Waals surface area contributed by atoms with E-state index in [1.165, 1.54) is 17.0 Å². The van der Waals surface area contributed by atoms with Gasteiger partial charge in [-0.25, -0.2) is 14.6 Å². The average molecular weight is 350 g/mol. The summed E-state index contributed by atoms with van der Waals surface area (Å²) in [5.41, 5.74) is 12.9. The van der Waals surface area contributed by atoms with Crippen LogP contribution in [0.25, 0.3) is 10.9 Å². The number of aromatic nitrogens is 2. The molecule has 26 heavy (non-hydrogen) atoms. The molecule has 0 aliphatic heterocycles. The number of nitriles is 1. The minimum Gasteiger partial charge on any atom is -0.384 e. The Morgan fingerprint density at radius 1 is 1.31 bits per heavy atom. The maximum Gasteiger partial charge on any atom is 0.427 e. The molecule has 4 N–H and O–H groups in total. The van der Waals surface area contributed by atoms with Gasteiger partial charge in [0.2, 0.25) is 0 Å². The van der Waals surface area contributed by atoms with Crippen molar-refractivity contribution >= 4 is 40.3 Å². The van der Waals surface area contributed by atoms with Crippen molar-refractivity contribution in [2.75, 3.05) is 17.7 Å². The van der Waals surface area contributed by atoms with Crippen LogP contribution in [0.3, 0.4) is 0 Å². The van der Waals surface area contributed by atoms with E-state index in [9.17, 15) is 14.9 Å². The van der Waals surface area contributed by atoms with Gasteiger partial charge in [0.05, 0.1) is 16.8 Å². The van der Waals surface area contributed by atoms with Crippen LogP contribution >= 0.6 is 0 Å². The van der Waals surface area contributed by atoms with Crippen molar-refractivity contribution in [3.05, 3.63) is 48.3 Å². The molecule has 0 bridgehead atoms. The fraction of sp³-hybridized carbons (Fsp3) is 0.0588. The number of primary amides is 1. The lowest BCUT2D eigenvalue weighted by molar-refractivity contribution is 0.159. The van der Waals surface area contributed by atoms with E-state index in [2.05, 4.69) is 15.8 Å². The molecule has 130 valence electrons. The number of nitrogens with zero attached hydrogens (tertiary/aromatic N) is 4. The first kappa shape index (κ1) is 16.8. The summed E-state index contributed by atoms with van der Waals surface area (Å²) in [5, 5.41) is 10.00. The van der Waals surface area contributed by atoms with Crippen LogP contribution in [0.1, 0.15) is 5.56 Å². The molecule has 0 saturated carbocycles. The van der Waals surface area contributed by atoms with Crippen molar-refractivity contribution in [2.24, 2.45) is 5.73 Å². The minimum absolute atomic E-state index is 0.298. The number of hydrogen-bond acceptors (Lipinski definition) is 7. The van der Waals surface area contributed by atoms with Gasteiger partial charge in [-0.2, -0.15) is 5.26 Å². The first-order valence-electron chi connectivity index (χ1n) is 7.43. The Bertz CT molecular complexity index is 1070. The number of fused-ring (bicyclic) bond motifs is 1. The van der Waals surface area contributed by atoms with E-state index in [4.69, 9.17) is 11.5 Å². The fourth-order valence-electron chi connectivity index (χ4n) is 2.60. The summed E-state index contributed by atoms with van der Waals surface area (Å²) in [6.07, 6.45) is 0.829. The molecule has 2 aromatic heterocycles. The third-order valence-corrected chi connectivity index (χ3v) is 3.83. The zero-order chi connectivity index (χ0) is 18.8. The van der Waals surface area contributed by atoms with Gasteiger partial charge < -0.3 is 21.1 Å². The fourth-order valence-corrected chi connectivity index (χ4v) is 2.60. The van der Waals surface area contributed by atoms with Gasteiger partial charge in [0.1, 0.15) is 11.9 Å². The van der Waals surface area contributed by atoms with E-state index in [0.717, 1.165) is 11.1 Å². The SMILES string of the molecule is CN(c1ccc2c(ccn2C(=O)OC(N)=O)c1)c1cc(N)ncc1C#N. The van der Waals surface area contributed by atoms with Crippen LogP contribution in [0.5, 0.6) is 0 Å². The third kappa shape index (κ3) is 2.99. The summed E-state index contributed by atoms with van der Waals surface area (Å²) in [6, 6.07) is 10.7. The largest absolute Gasteiger partial charge is 0.427 e. The van der Waals surface area contributed by atoms with Gasteiger partial charge in [0.25, 0.3) is 0 Å². The topological polar surface area (TPSA) is 140 Å². The first-order chi connectivity index (χ1) is 12.4. The highest BCUT2D eigenvalue weighted by Crippen LogP contribution is 2.30. The predicted octanol–water partition coefficient (Wildman–Crippen LogP) is 2.32. The second-order valence-corrected chi connectivity index (χ2v) is 5.41. The Morgan fingerprint density at radius 3 is 2.77 bits per heavy atom. The van der Waals surface area contributed by atoms with Crippen LogP contribution < -0.4 is 16.4 Å². The first-order valence-corrected chi connectivity index (χ1v) is 7.43. The lowest BCUT2D eigenvalue weighted by Crippen LogP contribution is -2.22. The van der Waals surface area contributed by atoms with Crippen LogP contribution in [-0.4, -0.2) is 28.8 Å². The van der Waals surface area contributed by atoms with E-state index in [-0.39, 0.29) is 0 Å². The minimum atomic E-state index is -1.17. The number of anilines is 3. The molecule has 1 amide bonds. The van der Waals surface area contributed by atoms with Gasteiger partial charge in [0.15, 0.2) is 0 Å². The molecule has 0 saturated heterocycles. The number of rotatable bonds is 2. The number of ether oxygens (including phenoxy) is 1. The number of amides is 1. The number of nitrogen functional groups attached to an aromatic ring is 1. The van der Waals surface area contributed by atoms with Crippen LogP contribution in [-0.2, 0) is 4.74 Å². The second kappa shape index (κ2) is 6.45. The molecule has 3 rings (SSSR count). The normalized spacial score (nSPS) is 10.3. The number of hydrogen-bond donors (Lipinski definition) is 2. The summed E-state index contributed by atoms with van der Waals surface area (Å²) >= 11 is 0. The molecular formula is C17H14N6O3. The Hall–Kier alpha value is -4.06. The van der Waals surface area contributed by atoms with Crippen molar-refractivity contribution in [1.82, 2.24) is 9.55 Å². The van der Waals surface area contributed by atoms with Crippen LogP contribution in [0, 0.1) is 11.3 Å². The Labute approximate surface area is 148 Å². The summed E-state index contributed by atoms with van der Waals surface area (Å²) in [7, 11) is 1.79. The molecule has 9 heteroatoms. The molecule has 0 radical (unpaired) electrons. The second-order valence-electron chi connectivity index (χ2n) is 5.41. The van der Waals surface area contributed by atoms with Crippen LogP contribution in [0.4, 0.5) is 26.8 Å². The quantitative estimate of drug-likeness (QED) is 0.676. The van der Waals surface area contributed by atoms with E-state index in [1.54, 1.807) is 36.2 Å². The molecule has 2 heterocycles. The maximum absolute atomic E-state index is 11.9. The molecule has 1 aromatic carbocycles. The molecule has 0 aliphatic rings. The van der Waals surface area contributed by atoms with E-state index < -0.39 is 12.2 Å². The van der Waals surface area contributed by atoms with Crippen molar-refractivity contribution in [2.45, 2.75) is 0 Å². The summed E-state index contributed by atoms with van der Waals surface area (Å²) in [5.74, 6) is 0.298. The maximum atomic E-state index is 11.9. The number of pyridine rings is 1. The Balaban J connectivity index is 2.00. The molecule has 0 atom stereocenters. The molecule has 0 unspecified atom stereocenters. The number of carbonyl (C=O) groups excluding carboxylic acids is 2. The molecule has 3 aromatic rings. The number of carbonyl (C=O) groups is 2. The molecular weight excluding hydrogens is 336 g/mol. The Morgan fingerprint density at radius 2 is 2.08 bits per heavy atom. The predicted molar refractivity (Wildman–Crippen MR) is 94.8 cm³/mol. The van der Waals surface area contributed by atoms with E-state index >= 15 is 0 Å². The molecule has 0 fully saturated rings. The number of nitrogens with two attached hydrogens (primary N) is 2. The highest BCUT2D eigenvalue weighted by molar-refractivity contribution is 5.94. The van der Waals surface area contributed by atoms with Crippen molar-refractivity contribution in [3.63, 3.8) is 0 Å². The van der Waals surface area contributed by atoms with Crippen LogP contribution in [0.2, 0.25) is 0 Å². The van der Waals surface area contributed by atoms with Gasteiger partial charge in [-0.05, 0) is 24.3 Å². The van der Waals surface area contributed by atoms with Crippen molar-refractivity contribution in [1.29, 1.82) is 5.26 Å². The molecule has 0 aliphatic carbocycles. The smallest absolute Gasteiger partial charge is 0.384 e. The highest BCUT2D eigenvalue weighted by Gasteiger charge is 2.15. The standard InChI is InChI=1S/C17H14N6O3/c1-22(14-7-15(19)21-9-11(14)8-18)12-2-3-13-10(6-12)4-5-23(13)17(25)26-16(20)24/h2-7,9H,1H3,(H2,19,21)(H2,20,24). The van der Waals surface area contributed by atoms with E-state index in [1.807, 2.05) is 6.07 Å². The van der Waals surface area contributed by atoms with Crippen molar-refractivity contribution < 1.29 is 14.3 Å². The van der Waals surface area contributed by atoms with Gasteiger partial charge in [-0.3, -0.25) is 4.57 Å². The molecule has 0 spiro atoms. The van der Waals surface area contributed by atoms with Gasteiger partial charge >= 0.3 is 12.2 Å². The highest BCUT2D eigenvalue weighted by atomic mass is 16.6. The number of benzene rings is 1. The zero-order valence-corrected chi connectivity index (χ0v) is 13.7. The third-order valence-electron chi connectivity index (χ3n) is 3.83. The van der Waals surface area contributed by atoms with Gasteiger partial charge in [0, 0.05) is 36.6 Å². The summed E-state index contributed by atoms with van der Waals surface area (Å²) in [4.78, 5) is 28.3. The zero-order valence-electron chi connectivity index (χ0n) is 13.7. The lowest BCUT2D eigenvalue weighted by Gasteiger charge is -2.21. The Kier molecular flexibility index (Phi) is 4.16. The average Bonchev–Trinajstić information content (AvgIpc) is 3.03. The van der Waals surface area contributed by atoms with Gasteiger partial charge in [-0.15, -0.1) is 0 Å². The van der Waals surface area contributed by atoms with Gasteiger partial charge in [-0.1, -0.05) is 0 Å². The monoisotopic (exact) mass is 350 g/mol. The summed E-state index contributed by atoms with van der Waals surface area (Å²) < 4.78 is 5.56. The lowest BCUT2D eigenvalue weighted by atomic mass is 10.1. The van der Waals surface area contributed by atoms with Crippen LogP contribution in [0.15, 0.2) is 42.7 Å². The summed E-state index contributed by atoms with van der Waals surface area (Å²) in [6.45, 7) is 0.